The number of pyridine rings is 1. The number of rotatable bonds is 5. The number of aromatic amines is 1. The number of nitrogens with two attached hydrogens (primary N) is 1. The highest BCUT2D eigenvalue weighted by atomic mass is 19.4. The molecule has 0 spiro atoms. The van der Waals surface area contributed by atoms with Gasteiger partial charge in [0.15, 0.2) is 11.5 Å². The summed E-state index contributed by atoms with van der Waals surface area (Å²) >= 11 is 0. The highest BCUT2D eigenvalue weighted by Crippen LogP contribution is 2.35. The van der Waals surface area contributed by atoms with Crippen LogP contribution in [0.25, 0.3) is 22.0 Å². The van der Waals surface area contributed by atoms with Crippen LogP contribution in [0.3, 0.4) is 0 Å². The number of nitrogens with zero attached hydrogens (tertiary/aromatic N) is 4. The van der Waals surface area contributed by atoms with E-state index in [1.165, 1.54) is 22.9 Å². The first-order chi connectivity index (χ1) is 19.7. The summed E-state index contributed by atoms with van der Waals surface area (Å²) in [5, 5.41) is 8.35. The molecule has 3 heterocycles. The molecule has 42 heavy (non-hydrogen) atoms. The summed E-state index contributed by atoms with van der Waals surface area (Å²) in [6.07, 6.45) is -4.30. The first kappa shape index (κ1) is 29.0. The minimum Gasteiger partial charge on any atom is -0.382 e. The largest absolute Gasteiger partial charge is 0.437 e. The predicted octanol–water partition coefficient (Wildman–Crippen LogP) is 4.97. The number of anilines is 2. The van der Waals surface area contributed by atoms with Gasteiger partial charge >= 0.3 is 12.4 Å². The third kappa shape index (κ3) is 5.78. The zero-order chi connectivity index (χ0) is 30.4. The van der Waals surface area contributed by atoms with Crippen LogP contribution in [-0.2, 0) is 18.9 Å². The summed E-state index contributed by atoms with van der Waals surface area (Å²) < 4.78 is 95.6. The van der Waals surface area contributed by atoms with Gasteiger partial charge in [0.1, 0.15) is 11.4 Å². The number of nitrogens with one attached hydrogen (secondary N) is 2. The van der Waals surface area contributed by atoms with E-state index in [1.807, 2.05) is 0 Å². The molecule has 1 aromatic carbocycles. The number of alkyl halides is 6. The molecule has 9 nitrogen and oxygen atoms in total. The fourth-order valence-corrected chi connectivity index (χ4v) is 5.27. The smallest absolute Gasteiger partial charge is 0.382 e. The molecule has 16 heteroatoms. The third-order valence-electron chi connectivity index (χ3n) is 7.15. The van der Waals surface area contributed by atoms with Crippen LogP contribution in [0.5, 0.6) is 0 Å². The van der Waals surface area contributed by atoms with E-state index in [0.717, 1.165) is 18.5 Å². The van der Waals surface area contributed by atoms with Gasteiger partial charge < -0.3 is 15.6 Å². The molecule has 1 aliphatic rings. The Hall–Kier alpha value is -4.50. The van der Waals surface area contributed by atoms with Gasteiger partial charge in [0.25, 0.3) is 11.1 Å². The number of benzene rings is 1. The van der Waals surface area contributed by atoms with E-state index in [2.05, 4.69) is 20.4 Å². The van der Waals surface area contributed by atoms with Crippen LogP contribution < -0.4 is 22.2 Å². The van der Waals surface area contributed by atoms with Gasteiger partial charge in [-0.15, -0.1) is 0 Å². The van der Waals surface area contributed by atoms with E-state index >= 15 is 4.39 Å². The Balaban J connectivity index is 1.37. The zero-order valence-corrected chi connectivity index (χ0v) is 21.5. The van der Waals surface area contributed by atoms with Crippen molar-refractivity contribution >= 4 is 22.3 Å². The van der Waals surface area contributed by atoms with Crippen LogP contribution >= 0.6 is 0 Å². The highest BCUT2D eigenvalue weighted by molar-refractivity contribution is 5.86. The Morgan fingerprint density at radius 3 is 2.52 bits per heavy atom. The Labute approximate surface area is 231 Å². The number of hydrogen-bond donors (Lipinski definition) is 3. The van der Waals surface area contributed by atoms with E-state index in [-0.39, 0.29) is 29.1 Å². The van der Waals surface area contributed by atoms with Gasteiger partial charge in [0, 0.05) is 24.3 Å². The lowest BCUT2D eigenvalue weighted by atomic mass is 9.85. The molecule has 0 bridgehead atoms. The average molecular weight is 597 g/mol. The van der Waals surface area contributed by atoms with Crippen LogP contribution in [0.15, 0.2) is 46.4 Å². The van der Waals surface area contributed by atoms with Crippen molar-refractivity contribution in [2.75, 3.05) is 11.1 Å². The summed E-state index contributed by atoms with van der Waals surface area (Å²) in [6, 6.07) is 3.35. The SMILES string of the molecule is Nc1nc(-c2cc3ccn(C[C@@H]4CCC[C@H](Nc5cn[nH]c(=O)c5C(F)(F)F)C4)c(=O)c3cc2F)cnc1C(F)(F)F. The van der Waals surface area contributed by atoms with Crippen molar-refractivity contribution in [2.45, 2.75) is 50.6 Å². The van der Waals surface area contributed by atoms with E-state index in [1.54, 1.807) is 5.10 Å². The normalized spacial score (nSPS) is 17.9. The van der Waals surface area contributed by atoms with Gasteiger partial charge in [-0.1, -0.05) is 6.42 Å². The first-order valence-corrected chi connectivity index (χ1v) is 12.7. The molecule has 4 aromatic rings. The fraction of sp³-hybridized carbons (Fsp3) is 0.346. The van der Waals surface area contributed by atoms with Crippen LogP contribution in [-0.4, -0.2) is 30.8 Å². The molecule has 0 unspecified atom stereocenters. The van der Waals surface area contributed by atoms with E-state index < -0.39 is 58.1 Å². The average Bonchev–Trinajstić information content (AvgIpc) is 2.89. The lowest BCUT2D eigenvalue weighted by molar-refractivity contribution is -0.140. The van der Waals surface area contributed by atoms with Crippen molar-refractivity contribution in [3.05, 3.63) is 74.6 Å². The molecule has 1 fully saturated rings. The maximum atomic E-state index is 15.0. The lowest BCUT2D eigenvalue weighted by Gasteiger charge is -2.31. The number of halogens is 7. The molecule has 1 aliphatic carbocycles. The fourth-order valence-electron chi connectivity index (χ4n) is 5.27. The van der Waals surface area contributed by atoms with Crippen molar-refractivity contribution < 1.29 is 30.7 Å². The summed E-state index contributed by atoms with van der Waals surface area (Å²) in [6.45, 7) is 0.205. The number of aromatic nitrogens is 5. The summed E-state index contributed by atoms with van der Waals surface area (Å²) in [7, 11) is 0. The monoisotopic (exact) mass is 597 g/mol. The van der Waals surface area contributed by atoms with Gasteiger partial charge in [-0.3, -0.25) is 9.59 Å². The van der Waals surface area contributed by atoms with Crippen molar-refractivity contribution in [1.29, 1.82) is 0 Å². The topological polar surface area (TPSA) is 132 Å². The number of fused-ring (bicyclic) bond motifs is 1. The van der Waals surface area contributed by atoms with Crippen LogP contribution in [0.2, 0.25) is 0 Å². The van der Waals surface area contributed by atoms with Crippen molar-refractivity contribution in [2.24, 2.45) is 5.92 Å². The second-order valence-corrected chi connectivity index (χ2v) is 10.0. The number of nitrogen functional groups attached to an aromatic ring is 1. The molecule has 2 atom stereocenters. The minimum absolute atomic E-state index is 0.0153. The summed E-state index contributed by atoms with van der Waals surface area (Å²) in [5.41, 5.74) is -0.117. The molecule has 0 radical (unpaired) electrons. The van der Waals surface area contributed by atoms with E-state index in [9.17, 15) is 35.9 Å². The molecule has 0 saturated heterocycles. The molecule has 1 saturated carbocycles. The molecular weight excluding hydrogens is 575 g/mol. The van der Waals surface area contributed by atoms with Crippen molar-refractivity contribution in [1.82, 2.24) is 24.7 Å². The third-order valence-corrected chi connectivity index (χ3v) is 7.15. The Bertz CT molecular complexity index is 1770. The van der Waals surface area contributed by atoms with Crippen molar-refractivity contribution in [3.63, 3.8) is 0 Å². The highest BCUT2D eigenvalue weighted by Gasteiger charge is 2.38. The molecule has 0 amide bonds. The van der Waals surface area contributed by atoms with Gasteiger partial charge in [-0.25, -0.2) is 19.5 Å². The zero-order valence-electron chi connectivity index (χ0n) is 21.5. The molecule has 222 valence electrons. The van der Waals surface area contributed by atoms with E-state index in [0.29, 0.717) is 31.1 Å². The summed E-state index contributed by atoms with van der Waals surface area (Å²) in [4.78, 5) is 31.9. The van der Waals surface area contributed by atoms with Crippen LogP contribution in [0.4, 0.5) is 42.2 Å². The maximum Gasteiger partial charge on any atom is 0.437 e. The minimum atomic E-state index is -4.88. The first-order valence-electron chi connectivity index (χ1n) is 12.7. The second kappa shape index (κ2) is 10.7. The Morgan fingerprint density at radius 2 is 1.83 bits per heavy atom. The van der Waals surface area contributed by atoms with Crippen LogP contribution in [0.1, 0.15) is 36.9 Å². The van der Waals surface area contributed by atoms with Gasteiger partial charge in [0.05, 0.1) is 29.2 Å². The summed E-state index contributed by atoms with van der Waals surface area (Å²) in [5.74, 6) is -1.95. The number of hydrogen-bond acceptors (Lipinski definition) is 7. The van der Waals surface area contributed by atoms with Gasteiger partial charge in [-0.2, -0.15) is 31.4 Å². The maximum absolute atomic E-state index is 15.0. The second-order valence-electron chi connectivity index (χ2n) is 10.0. The molecular formula is C26H22F7N7O2. The molecule has 4 N–H and O–H groups in total. The van der Waals surface area contributed by atoms with E-state index in [4.69, 9.17) is 5.73 Å². The molecule has 0 aliphatic heterocycles. The predicted molar refractivity (Wildman–Crippen MR) is 138 cm³/mol. The number of H-pyrrole nitrogens is 1. The van der Waals surface area contributed by atoms with Gasteiger partial charge in [0.2, 0.25) is 0 Å². The standard InChI is InChI=1S/C26H22F7N7O2/c27-17-8-15-13(7-16(17)18-9-35-21(22(34)38-18)26(31,32)33)4-5-40(24(15)42)11-12-2-1-3-14(6-12)37-19-10-36-39-23(41)20(19)25(28,29)30/h4-5,7-10,12,14H,1-3,6,11H2,(H2,34,38)(H2,37,39,41)/t12-,14+/m1/s1. The quantitative estimate of drug-likeness (QED) is 0.277. The Morgan fingerprint density at radius 1 is 1.07 bits per heavy atom. The Kier molecular flexibility index (Phi) is 7.41. The van der Waals surface area contributed by atoms with Crippen LogP contribution in [0, 0.1) is 11.7 Å². The van der Waals surface area contributed by atoms with Crippen molar-refractivity contribution in [3.8, 4) is 11.3 Å². The molecule has 3 aromatic heterocycles. The lowest BCUT2D eigenvalue weighted by Crippen LogP contribution is -2.33. The van der Waals surface area contributed by atoms with Gasteiger partial charge in [-0.05, 0) is 48.8 Å². The molecule has 5 rings (SSSR count).